The number of hydrogen-bond donors (Lipinski definition) is 2. The van der Waals surface area contributed by atoms with Crippen molar-refractivity contribution >= 4 is 11.9 Å². The molecule has 2 unspecified atom stereocenters. The molecule has 1 aliphatic rings. The standard InChI is InChI=1S/C20H21NO5/c1-25-13-8-9-17(26-2)15(10-13)14-11-16(14)19(22)21-18(20(23)24)12-6-4-3-5-7-12/h3-10,14,16,18H,11H2,1-2H3,(H,21,22)(H,23,24)/t14?,16?,18-/m0/s1. The molecule has 1 saturated carbocycles. The molecule has 0 saturated heterocycles. The highest BCUT2D eigenvalue weighted by Gasteiger charge is 2.46. The molecule has 6 nitrogen and oxygen atoms in total. The minimum atomic E-state index is -1.08. The highest BCUT2D eigenvalue weighted by Crippen LogP contribution is 2.51. The fourth-order valence-electron chi connectivity index (χ4n) is 3.14. The van der Waals surface area contributed by atoms with E-state index in [1.807, 2.05) is 12.1 Å². The molecule has 0 radical (unpaired) electrons. The molecule has 136 valence electrons. The van der Waals surface area contributed by atoms with Crippen LogP contribution >= 0.6 is 0 Å². The van der Waals surface area contributed by atoms with Gasteiger partial charge in [0.25, 0.3) is 0 Å². The number of carboxylic acids is 1. The lowest BCUT2D eigenvalue weighted by molar-refractivity contribution is -0.142. The average molecular weight is 355 g/mol. The van der Waals surface area contributed by atoms with E-state index in [0.29, 0.717) is 23.5 Å². The van der Waals surface area contributed by atoms with Crippen LogP contribution in [0.4, 0.5) is 0 Å². The van der Waals surface area contributed by atoms with Gasteiger partial charge in [0.05, 0.1) is 14.2 Å². The summed E-state index contributed by atoms with van der Waals surface area (Å²) in [6.45, 7) is 0. The minimum absolute atomic E-state index is 0.00901. The smallest absolute Gasteiger partial charge is 0.330 e. The molecule has 0 aromatic heterocycles. The van der Waals surface area contributed by atoms with Gasteiger partial charge in [-0.1, -0.05) is 30.3 Å². The van der Waals surface area contributed by atoms with Gasteiger partial charge < -0.3 is 19.9 Å². The first kappa shape index (κ1) is 17.8. The summed E-state index contributed by atoms with van der Waals surface area (Å²) in [4.78, 5) is 24.1. The van der Waals surface area contributed by atoms with Gasteiger partial charge in [0.1, 0.15) is 11.5 Å². The lowest BCUT2D eigenvalue weighted by Crippen LogP contribution is -2.35. The van der Waals surface area contributed by atoms with Gasteiger partial charge in [0.15, 0.2) is 6.04 Å². The van der Waals surface area contributed by atoms with E-state index in [1.165, 1.54) is 0 Å². The lowest BCUT2D eigenvalue weighted by atomic mass is 10.1. The normalized spacial score (nSPS) is 19.3. The molecule has 26 heavy (non-hydrogen) atoms. The first-order valence-corrected chi connectivity index (χ1v) is 8.35. The van der Waals surface area contributed by atoms with Gasteiger partial charge in [0.2, 0.25) is 5.91 Å². The summed E-state index contributed by atoms with van der Waals surface area (Å²) in [6, 6.07) is 13.1. The lowest BCUT2D eigenvalue weighted by Gasteiger charge is -2.15. The van der Waals surface area contributed by atoms with Crippen LogP contribution in [0.5, 0.6) is 11.5 Å². The van der Waals surface area contributed by atoms with Gasteiger partial charge in [0, 0.05) is 17.4 Å². The third-order valence-corrected chi connectivity index (χ3v) is 4.63. The van der Waals surface area contributed by atoms with Crippen molar-refractivity contribution in [2.45, 2.75) is 18.4 Å². The Balaban J connectivity index is 1.74. The summed E-state index contributed by atoms with van der Waals surface area (Å²) in [6.07, 6.45) is 0.649. The average Bonchev–Trinajstić information content (AvgIpc) is 3.46. The number of amides is 1. The fraction of sp³-hybridized carbons (Fsp3) is 0.300. The van der Waals surface area contributed by atoms with E-state index < -0.39 is 12.0 Å². The number of carbonyl (C=O) groups is 2. The monoisotopic (exact) mass is 355 g/mol. The number of carbonyl (C=O) groups excluding carboxylic acids is 1. The van der Waals surface area contributed by atoms with Crippen LogP contribution in [0.3, 0.4) is 0 Å². The van der Waals surface area contributed by atoms with E-state index in [1.54, 1.807) is 50.6 Å². The van der Waals surface area contributed by atoms with Crippen LogP contribution in [0.2, 0.25) is 0 Å². The van der Waals surface area contributed by atoms with Crippen LogP contribution in [0.1, 0.15) is 29.5 Å². The molecule has 0 spiro atoms. The number of hydrogen-bond acceptors (Lipinski definition) is 4. The Labute approximate surface area is 151 Å². The largest absolute Gasteiger partial charge is 0.497 e. The van der Waals surface area contributed by atoms with Crippen molar-refractivity contribution < 1.29 is 24.2 Å². The Morgan fingerprint density at radius 2 is 1.85 bits per heavy atom. The first-order valence-electron chi connectivity index (χ1n) is 8.35. The number of carboxylic acid groups (broad SMARTS) is 1. The molecule has 0 bridgehead atoms. The van der Waals surface area contributed by atoms with E-state index in [4.69, 9.17) is 9.47 Å². The van der Waals surface area contributed by atoms with E-state index in [-0.39, 0.29) is 17.7 Å². The first-order chi connectivity index (χ1) is 12.5. The van der Waals surface area contributed by atoms with E-state index in [2.05, 4.69) is 5.32 Å². The highest BCUT2D eigenvalue weighted by molar-refractivity contribution is 5.88. The van der Waals surface area contributed by atoms with Gasteiger partial charge in [-0.3, -0.25) is 4.79 Å². The van der Waals surface area contributed by atoms with Crippen LogP contribution in [-0.4, -0.2) is 31.2 Å². The summed E-state index contributed by atoms with van der Waals surface area (Å²) in [5.74, 6) is -0.243. The number of benzene rings is 2. The van der Waals surface area contributed by atoms with Crippen molar-refractivity contribution in [1.82, 2.24) is 5.32 Å². The third-order valence-electron chi connectivity index (χ3n) is 4.63. The summed E-state index contributed by atoms with van der Waals surface area (Å²) >= 11 is 0. The number of nitrogens with one attached hydrogen (secondary N) is 1. The van der Waals surface area contributed by atoms with Gasteiger partial charge in [-0.2, -0.15) is 0 Å². The van der Waals surface area contributed by atoms with Gasteiger partial charge in [-0.15, -0.1) is 0 Å². The quantitative estimate of drug-likeness (QED) is 0.798. The van der Waals surface area contributed by atoms with Gasteiger partial charge in [-0.05, 0) is 30.2 Å². The van der Waals surface area contributed by atoms with Crippen LogP contribution in [-0.2, 0) is 9.59 Å². The predicted molar refractivity (Wildman–Crippen MR) is 95.4 cm³/mol. The molecule has 2 aromatic carbocycles. The zero-order valence-electron chi connectivity index (χ0n) is 14.6. The van der Waals surface area contributed by atoms with E-state index in [0.717, 1.165) is 5.56 Å². The number of aliphatic carboxylic acids is 1. The van der Waals surface area contributed by atoms with Crippen molar-refractivity contribution in [2.24, 2.45) is 5.92 Å². The maximum absolute atomic E-state index is 12.6. The van der Waals surface area contributed by atoms with Crippen LogP contribution < -0.4 is 14.8 Å². The maximum Gasteiger partial charge on any atom is 0.330 e. The molecule has 1 fully saturated rings. The number of ether oxygens (including phenoxy) is 2. The summed E-state index contributed by atoms with van der Waals surface area (Å²) < 4.78 is 10.6. The third kappa shape index (κ3) is 3.64. The molecule has 2 aromatic rings. The molecule has 6 heteroatoms. The Hall–Kier alpha value is -3.02. The van der Waals surface area contributed by atoms with Crippen LogP contribution in [0, 0.1) is 5.92 Å². The van der Waals surface area contributed by atoms with Crippen LogP contribution in [0.25, 0.3) is 0 Å². The molecule has 3 atom stereocenters. The molecule has 2 N–H and O–H groups in total. The Morgan fingerprint density at radius 3 is 2.46 bits per heavy atom. The zero-order chi connectivity index (χ0) is 18.7. The molecule has 1 amide bonds. The predicted octanol–water partition coefficient (Wildman–Crippen LogP) is 2.75. The fourth-order valence-corrected chi connectivity index (χ4v) is 3.14. The summed E-state index contributed by atoms with van der Waals surface area (Å²) in [5, 5.41) is 12.1. The minimum Gasteiger partial charge on any atom is -0.497 e. The van der Waals surface area contributed by atoms with Crippen molar-refractivity contribution in [3.05, 3.63) is 59.7 Å². The molecular formula is C20H21NO5. The second kappa shape index (κ2) is 7.47. The van der Waals surface area contributed by atoms with E-state index in [9.17, 15) is 14.7 Å². The Morgan fingerprint density at radius 1 is 1.12 bits per heavy atom. The SMILES string of the molecule is COc1ccc(OC)c(C2CC2C(=O)N[C@H](C(=O)O)c2ccccc2)c1. The topological polar surface area (TPSA) is 84.9 Å². The molecule has 0 heterocycles. The molecule has 3 rings (SSSR count). The number of methoxy groups -OCH3 is 2. The second-order valence-corrected chi connectivity index (χ2v) is 6.25. The van der Waals surface area contributed by atoms with Crippen LogP contribution in [0.15, 0.2) is 48.5 Å². The maximum atomic E-state index is 12.6. The highest BCUT2D eigenvalue weighted by atomic mass is 16.5. The van der Waals surface area contributed by atoms with Crippen molar-refractivity contribution in [1.29, 1.82) is 0 Å². The van der Waals surface area contributed by atoms with Crippen molar-refractivity contribution in [3.63, 3.8) is 0 Å². The molecular weight excluding hydrogens is 334 g/mol. The Bertz CT molecular complexity index is 805. The van der Waals surface area contributed by atoms with Gasteiger partial charge in [-0.25, -0.2) is 4.79 Å². The number of rotatable bonds is 7. The van der Waals surface area contributed by atoms with Crippen molar-refractivity contribution in [2.75, 3.05) is 14.2 Å². The molecule has 0 aliphatic heterocycles. The molecule has 1 aliphatic carbocycles. The van der Waals surface area contributed by atoms with Crippen molar-refractivity contribution in [3.8, 4) is 11.5 Å². The second-order valence-electron chi connectivity index (χ2n) is 6.25. The van der Waals surface area contributed by atoms with Gasteiger partial charge >= 0.3 is 5.97 Å². The summed E-state index contributed by atoms with van der Waals surface area (Å²) in [5.41, 5.74) is 1.45. The Kier molecular flexibility index (Phi) is 5.11. The zero-order valence-corrected chi connectivity index (χ0v) is 14.6. The summed E-state index contributed by atoms with van der Waals surface area (Å²) in [7, 11) is 3.17. The van der Waals surface area contributed by atoms with E-state index >= 15 is 0 Å².